The van der Waals surface area contributed by atoms with E-state index >= 15 is 0 Å². The van der Waals surface area contributed by atoms with Crippen LogP contribution in [0.3, 0.4) is 0 Å². The molecule has 0 radical (unpaired) electrons. The Kier molecular flexibility index (Phi) is 4.38. The molecule has 0 heterocycles. The predicted molar refractivity (Wildman–Crippen MR) is 76.7 cm³/mol. The van der Waals surface area contributed by atoms with Gasteiger partial charge >= 0.3 is 0 Å². The molecule has 2 rings (SSSR count). The number of hydrogen-bond acceptors (Lipinski definition) is 2. The van der Waals surface area contributed by atoms with Crippen LogP contribution in [0.25, 0.3) is 5.57 Å². The van der Waals surface area contributed by atoms with Gasteiger partial charge in [-0.25, -0.2) is 0 Å². The van der Waals surface area contributed by atoms with Crippen molar-refractivity contribution in [2.75, 3.05) is 13.1 Å². The molecule has 0 fully saturated rings. The lowest BCUT2D eigenvalue weighted by Crippen LogP contribution is -2.39. The highest BCUT2D eigenvalue weighted by Gasteiger charge is 2.27. The Morgan fingerprint density at radius 2 is 2.00 bits per heavy atom. The largest absolute Gasteiger partial charge is 0.378 e. The van der Waals surface area contributed by atoms with Crippen molar-refractivity contribution in [2.24, 2.45) is 0 Å². The third kappa shape index (κ3) is 2.71. The number of aliphatic hydroxyl groups is 1. The van der Waals surface area contributed by atoms with E-state index in [1.165, 1.54) is 5.56 Å². The second-order valence-electron chi connectivity index (χ2n) is 4.77. The number of rotatable bonds is 4. The molecule has 1 N–H and O–H groups in total. The van der Waals surface area contributed by atoms with Crippen LogP contribution < -0.4 is 0 Å². The molecule has 1 aliphatic carbocycles. The van der Waals surface area contributed by atoms with E-state index in [1.54, 1.807) is 4.90 Å². The first-order valence-corrected chi connectivity index (χ1v) is 6.94. The molecule has 1 amide bonds. The number of benzene rings is 1. The summed E-state index contributed by atoms with van der Waals surface area (Å²) in [6.07, 6.45) is 2.82. The summed E-state index contributed by atoms with van der Waals surface area (Å²) in [5.74, 6) is -0.201. The Morgan fingerprint density at radius 3 is 2.68 bits per heavy atom. The van der Waals surface area contributed by atoms with Gasteiger partial charge in [0.05, 0.1) is 0 Å². The van der Waals surface area contributed by atoms with Gasteiger partial charge in [-0.3, -0.25) is 4.79 Å². The summed E-state index contributed by atoms with van der Waals surface area (Å²) >= 11 is 0. The summed E-state index contributed by atoms with van der Waals surface area (Å²) < 4.78 is 0. The van der Waals surface area contributed by atoms with Crippen LogP contribution in [0.5, 0.6) is 0 Å². The average molecular weight is 259 g/mol. The molecular formula is C16H21NO2. The van der Waals surface area contributed by atoms with Crippen LogP contribution >= 0.6 is 0 Å². The normalized spacial score (nSPS) is 15.4. The summed E-state index contributed by atoms with van der Waals surface area (Å²) in [5.41, 5.74) is 2.99. The molecule has 102 valence electrons. The maximum Gasteiger partial charge on any atom is 0.256 e. The second kappa shape index (κ2) is 6.02. The molecule has 0 aromatic heterocycles. The first kappa shape index (κ1) is 13.8. The van der Waals surface area contributed by atoms with E-state index in [2.05, 4.69) is 6.07 Å². The van der Waals surface area contributed by atoms with Crippen molar-refractivity contribution in [1.82, 2.24) is 4.90 Å². The second-order valence-corrected chi connectivity index (χ2v) is 4.77. The zero-order valence-electron chi connectivity index (χ0n) is 11.6. The number of aliphatic hydroxyl groups excluding tert-OH is 1. The molecule has 19 heavy (non-hydrogen) atoms. The minimum absolute atomic E-state index is 0.201. The fraction of sp³-hybridized carbons (Fsp3) is 0.438. The van der Waals surface area contributed by atoms with Crippen molar-refractivity contribution in [1.29, 1.82) is 0 Å². The molecular weight excluding hydrogens is 238 g/mol. The van der Waals surface area contributed by atoms with Crippen LogP contribution in [0.1, 0.15) is 31.4 Å². The summed E-state index contributed by atoms with van der Waals surface area (Å²) in [4.78, 5) is 13.9. The molecule has 0 saturated heterocycles. The lowest BCUT2D eigenvalue weighted by molar-refractivity contribution is -0.136. The number of carbonyl (C=O) groups excluding carboxylic acids is 1. The van der Waals surface area contributed by atoms with Crippen LogP contribution in [-0.2, 0) is 11.2 Å². The Balaban J connectivity index is 2.27. The number of allylic oxidation sites excluding steroid dienone is 1. The fourth-order valence-electron chi connectivity index (χ4n) is 2.61. The Morgan fingerprint density at radius 1 is 1.32 bits per heavy atom. The van der Waals surface area contributed by atoms with Gasteiger partial charge in [-0.1, -0.05) is 30.3 Å². The smallest absolute Gasteiger partial charge is 0.256 e. The van der Waals surface area contributed by atoms with Crippen LogP contribution in [0.2, 0.25) is 0 Å². The van der Waals surface area contributed by atoms with Crippen molar-refractivity contribution in [3.05, 3.63) is 41.5 Å². The Bertz CT molecular complexity index is 489. The highest BCUT2D eigenvalue weighted by molar-refractivity contribution is 5.95. The van der Waals surface area contributed by atoms with Gasteiger partial charge < -0.3 is 10.0 Å². The summed E-state index contributed by atoms with van der Waals surface area (Å²) in [7, 11) is 0. The van der Waals surface area contributed by atoms with Crippen LogP contribution in [0.4, 0.5) is 0 Å². The average Bonchev–Trinajstić information content (AvgIpc) is 2.47. The van der Waals surface area contributed by atoms with Crippen molar-refractivity contribution in [3.8, 4) is 0 Å². The van der Waals surface area contributed by atoms with Gasteiger partial charge in [-0.05, 0) is 43.4 Å². The molecule has 1 unspecified atom stereocenters. The number of hydrogen-bond donors (Lipinski definition) is 1. The molecule has 3 nitrogen and oxygen atoms in total. The van der Waals surface area contributed by atoms with Gasteiger partial charge in [0, 0.05) is 13.1 Å². The highest BCUT2D eigenvalue weighted by atomic mass is 16.3. The summed E-state index contributed by atoms with van der Waals surface area (Å²) in [6, 6.07) is 8.00. The SMILES string of the molecule is CCN(CC)C(=O)C(O)C1=CCCc2ccccc21. The molecule has 1 aromatic carbocycles. The van der Waals surface area contributed by atoms with E-state index in [0.29, 0.717) is 13.1 Å². The van der Waals surface area contributed by atoms with Crippen molar-refractivity contribution < 1.29 is 9.90 Å². The Hall–Kier alpha value is -1.61. The molecule has 0 saturated carbocycles. The number of fused-ring (bicyclic) bond motifs is 1. The Labute approximate surface area is 114 Å². The molecule has 3 heteroatoms. The van der Waals surface area contributed by atoms with Crippen molar-refractivity contribution >= 4 is 11.5 Å². The van der Waals surface area contributed by atoms with Gasteiger partial charge in [0.2, 0.25) is 0 Å². The molecule has 0 spiro atoms. The van der Waals surface area contributed by atoms with E-state index in [-0.39, 0.29) is 5.91 Å². The predicted octanol–water partition coefficient (Wildman–Crippen LogP) is 2.25. The highest BCUT2D eigenvalue weighted by Crippen LogP contribution is 2.29. The fourth-order valence-corrected chi connectivity index (χ4v) is 2.61. The van der Waals surface area contributed by atoms with E-state index in [4.69, 9.17) is 0 Å². The van der Waals surface area contributed by atoms with Crippen LogP contribution in [0.15, 0.2) is 30.3 Å². The van der Waals surface area contributed by atoms with E-state index < -0.39 is 6.10 Å². The van der Waals surface area contributed by atoms with Crippen molar-refractivity contribution in [2.45, 2.75) is 32.8 Å². The number of amides is 1. The van der Waals surface area contributed by atoms with E-state index in [1.807, 2.05) is 38.1 Å². The van der Waals surface area contributed by atoms with Gasteiger partial charge in [0.15, 0.2) is 6.10 Å². The van der Waals surface area contributed by atoms with Gasteiger partial charge in [-0.2, -0.15) is 0 Å². The topological polar surface area (TPSA) is 40.5 Å². The third-order valence-corrected chi connectivity index (χ3v) is 3.71. The molecule has 0 aliphatic heterocycles. The summed E-state index contributed by atoms with van der Waals surface area (Å²) in [5, 5.41) is 10.4. The van der Waals surface area contributed by atoms with Gasteiger partial charge in [0.25, 0.3) is 5.91 Å². The number of aryl methyl sites for hydroxylation is 1. The van der Waals surface area contributed by atoms with Gasteiger partial charge in [0.1, 0.15) is 0 Å². The number of likely N-dealkylation sites (N-methyl/N-ethyl adjacent to an activating group) is 1. The summed E-state index contributed by atoms with van der Waals surface area (Å²) in [6.45, 7) is 5.11. The minimum Gasteiger partial charge on any atom is -0.378 e. The zero-order chi connectivity index (χ0) is 13.8. The molecule has 0 bridgehead atoms. The number of carbonyl (C=O) groups is 1. The zero-order valence-corrected chi connectivity index (χ0v) is 11.6. The molecule has 1 atom stereocenters. The maximum atomic E-state index is 12.2. The first-order chi connectivity index (χ1) is 9.19. The lowest BCUT2D eigenvalue weighted by Gasteiger charge is -2.26. The van der Waals surface area contributed by atoms with E-state index in [0.717, 1.165) is 24.0 Å². The first-order valence-electron chi connectivity index (χ1n) is 6.94. The monoisotopic (exact) mass is 259 g/mol. The standard InChI is InChI=1S/C16H21NO2/c1-3-17(4-2)16(19)15(18)14-11-7-9-12-8-5-6-10-13(12)14/h5-6,8,10-11,15,18H,3-4,7,9H2,1-2H3. The minimum atomic E-state index is -1.04. The molecule has 1 aliphatic rings. The third-order valence-electron chi connectivity index (χ3n) is 3.71. The maximum absolute atomic E-state index is 12.2. The number of nitrogens with zero attached hydrogens (tertiary/aromatic N) is 1. The van der Waals surface area contributed by atoms with Crippen LogP contribution in [0, 0.1) is 0 Å². The van der Waals surface area contributed by atoms with E-state index in [9.17, 15) is 9.90 Å². The van der Waals surface area contributed by atoms with Crippen molar-refractivity contribution in [3.63, 3.8) is 0 Å². The molecule has 1 aromatic rings. The van der Waals surface area contributed by atoms with Gasteiger partial charge in [-0.15, -0.1) is 0 Å². The quantitative estimate of drug-likeness (QED) is 0.901. The lowest BCUT2D eigenvalue weighted by atomic mass is 9.87. The van der Waals surface area contributed by atoms with Crippen LogP contribution in [-0.4, -0.2) is 35.1 Å².